The number of anilines is 2. The number of nitriles is 1. The van der Waals surface area contributed by atoms with Crippen molar-refractivity contribution in [2.45, 2.75) is 11.7 Å². The van der Waals surface area contributed by atoms with Gasteiger partial charge in [-0.25, -0.2) is 4.39 Å². The Labute approximate surface area is 209 Å². The van der Waals surface area contributed by atoms with E-state index in [1.165, 1.54) is 23.1 Å². The minimum Gasteiger partial charge on any atom is -0.319 e. The number of nitrogens with zero attached hydrogens (tertiary/aromatic N) is 2. The number of para-hydroxylation sites is 2. The molecule has 1 fully saturated rings. The molecule has 2 amide bonds. The Bertz CT molecular complexity index is 1340. The van der Waals surface area contributed by atoms with E-state index >= 15 is 0 Å². The molecule has 1 atom stereocenters. The highest BCUT2D eigenvalue weighted by molar-refractivity contribution is 8.05. The fourth-order valence-electron chi connectivity index (χ4n) is 3.45. The topological polar surface area (TPSA) is 73.2 Å². The fourth-order valence-corrected chi connectivity index (χ4v) is 5.15. The van der Waals surface area contributed by atoms with Crippen LogP contribution in [0.1, 0.15) is 5.56 Å². The molecule has 1 aliphatic rings. The van der Waals surface area contributed by atoms with Gasteiger partial charge < -0.3 is 5.32 Å². The van der Waals surface area contributed by atoms with Gasteiger partial charge in [0.1, 0.15) is 22.5 Å². The third-order valence-electron chi connectivity index (χ3n) is 5.08. The quantitative estimate of drug-likeness (QED) is 0.327. The zero-order chi connectivity index (χ0) is 24.2. The van der Waals surface area contributed by atoms with Crippen LogP contribution in [0.3, 0.4) is 0 Å². The molecule has 1 N–H and O–H groups in total. The van der Waals surface area contributed by atoms with Crippen molar-refractivity contribution in [3.63, 3.8) is 0 Å². The second kappa shape index (κ2) is 10.3. The molecule has 1 unspecified atom stereocenters. The van der Waals surface area contributed by atoms with Crippen LogP contribution in [0.4, 0.5) is 15.8 Å². The van der Waals surface area contributed by atoms with E-state index in [1.807, 2.05) is 6.07 Å². The van der Waals surface area contributed by atoms with Crippen LogP contribution < -0.4 is 10.2 Å². The van der Waals surface area contributed by atoms with Crippen LogP contribution >= 0.6 is 35.0 Å². The molecule has 0 aliphatic carbocycles. The number of benzene rings is 3. The lowest BCUT2D eigenvalue weighted by atomic mass is 10.1. The second-order valence-corrected chi connectivity index (χ2v) is 9.24. The van der Waals surface area contributed by atoms with Crippen LogP contribution in [-0.2, 0) is 16.0 Å². The molecule has 170 valence electrons. The van der Waals surface area contributed by atoms with Gasteiger partial charge in [0.15, 0.2) is 0 Å². The first-order valence-electron chi connectivity index (χ1n) is 10.1. The van der Waals surface area contributed by atoms with Gasteiger partial charge in [-0.15, -0.1) is 0 Å². The lowest BCUT2D eigenvalue weighted by Gasteiger charge is -2.18. The first kappa shape index (κ1) is 23.8. The van der Waals surface area contributed by atoms with Gasteiger partial charge in [0.25, 0.3) is 5.91 Å². The average molecular weight is 512 g/mol. The van der Waals surface area contributed by atoms with Crippen LogP contribution in [0, 0.1) is 17.1 Å². The van der Waals surface area contributed by atoms with E-state index in [0.29, 0.717) is 21.3 Å². The average Bonchev–Trinajstić information content (AvgIpc) is 3.15. The summed E-state index contributed by atoms with van der Waals surface area (Å²) in [6.07, 6.45) is 0.239. The lowest BCUT2D eigenvalue weighted by molar-refractivity contribution is -0.117. The Morgan fingerprint density at radius 3 is 2.47 bits per heavy atom. The van der Waals surface area contributed by atoms with Gasteiger partial charge in [0, 0.05) is 5.69 Å². The van der Waals surface area contributed by atoms with Gasteiger partial charge in [-0.1, -0.05) is 77.4 Å². The Morgan fingerprint density at radius 2 is 1.76 bits per heavy atom. The van der Waals surface area contributed by atoms with E-state index in [0.717, 1.165) is 11.8 Å². The van der Waals surface area contributed by atoms with Gasteiger partial charge in [-0.05, 0) is 42.3 Å². The predicted octanol–water partition coefficient (Wildman–Crippen LogP) is 6.20. The summed E-state index contributed by atoms with van der Waals surface area (Å²) in [5.41, 5.74) is 0.804. The standard InChI is InChI=1S/C25H16Cl2FN3O2S/c26-18-10-6-7-15(22(18)27)13-21-24(33)31(16-8-2-1-3-9-16)25(34-21)17(14-29)23(32)30-20-12-5-4-11-19(20)28/h1-12,21H,13H2,(H,30,32). The molecule has 1 aliphatic heterocycles. The van der Waals surface area contributed by atoms with E-state index in [-0.39, 0.29) is 28.6 Å². The van der Waals surface area contributed by atoms with Crippen molar-refractivity contribution >= 4 is 58.2 Å². The monoisotopic (exact) mass is 511 g/mol. The summed E-state index contributed by atoms with van der Waals surface area (Å²) >= 11 is 13.5. The van der Waals surface area contributed by atoms with Crippen LogP contribution in [-0.4, -0.2) is 17.1 Å². The van der Waals surface area contributed by atoms with Crippen molar-refractivity contribution in [1.82, 2.24) is 0 Å². The first-order valence-corrected chi connectivity index (χ1v) is 11.7. The highest BCUT2D eigenvalue weighted by Crippen LogP contribution is 2.43. The Morgan fingerprint density at radius 1 is 1.06 bits per heavy atom. The molecule has 9 heteroatoms. The van der Waals surface area contributed by atoms with Crippen molar-refractivity contribution < 1.29 is 14.0 Å². The maximum Gasteiger partial charge on any atom is 0.269 e. The molecule has 34 heavy (non-hydrogen) atoms. The molecular formula is C25H16Cl2FN3O2S. The maximum absolute atomic E-state index is 14.1. The molecule has 0 bridgehead atoms. The van der Waals surface area contributed by atoms with Crippen LogP contribution in [0.25, 0.3) is 0 Å². The highest BCUT2D eigenvalue weighted by atomic mass is 35.5. The molecular weight excluding hydrogens is 496 g/mol. The molecule has 3 aromatic rings. The summed E-state index contributed by atoms with van der Waals surface area (Å²) < 4.78 is 14.1. The first-order chi connectivity index (χ1) is 16.4. The normalized spacial score (nSPS) is 16.8. The molecule has 1 saturated heterocycles. The smallest absolute Gasteiger partial charge is 0.269 e. The third kappa shape index (κ3) is 4.80. The Hall–Kier alpha value is -3.31. The van der Waals surface area contributed by atoms with Gasteiger partial charge >= 0.3 is 0 Å². The van der Waals surface area contributed by atoms with Gasteiger partial charge in [-0.3, -0.25) is 14.5 Å². The van der Waals surface area contributed by atoms with E-state index < -0.39 is 17.0 Å². The summed E-state index contributed by atoms with van der Waals surface area (Å²) in [5.74, 6) is -1.76. The zero-order valence-corrected chi connectivity index (χ0v) is 19.8. The maximum atomic E-state index is 14.1. The minimum atomic E-state index is -0.815. The summed E-state index contributed by atoms with van der Waals surface area (Å²) in [6, 6.07) is 21.4. The molecule has 0 spiro atoms. The highest BCUT2D eigenvalue weighted by Gasteiger charge is 2.41. The second-order valence-electron chi connectivity index (χ2n) is 7.26. The minimum absolute atomic E-state index is 0.0660. The van der Waals surface area contributed by atoms with Crippen molar-refractivity contribution in [1.29, 1.82) is 5.26 Å². The molecule has 5 nitrogen and oxygen atoms in total. The van der Waals surface area contributed by atoms with Crippen LogP contribution in [0.2, 0.25) is 10.0 Å². The van der Waals surface area contributed by atoms with Crippen molar-refractivity contribution in [3.8, 4) is 6.07 Å². The Balaban J connectivity index is 1.74. The van der Waals surface area contributed by atoms with Crippen molar-refractivity contribution in [2.24, 2.45) is 0 Å². The Kier molecular flexibility index (Phi) is 7.23. The van der Waals surface area contributed by atoms with E-state index in [4.69, 9.17) is 23.2 Å². The van der Waals surface area contributed by atoms with Crippen molar-refractivity contribution in [3.05, 3.63) is 105 Å². The number of hydrogen-bond acceptors (Lipinski definition) is 4. The fraction of sp³-hybridized carbons (Fsp3) is 0.0800. The van der Waals surface area contributed by atoms with E-state index in [9.17, 15) is 19.2 Å². The summed E-state index contributed by atoms with van der Waals surface area (Å²) in [4.78, 5) is 27.8. The number of hydrogen-bond donors (Lipinski definition) is 1. The summed E-state index contributed by atoms with van der Waals surface area (Å²) in [6.45, 7) is 0. The third-order valence-corrected chi connectivity index (χ3v) is 7.20. The molecule has 1 heterocycles. The summed E-state index contributed by atoms with van der Waals surface area (Å²) in [5, 5.41) is 12.5. The number of carbonyl (C=O) groups is 2. The zero-order valence-electron chi connectivity index (χ0n) is 17.5. The van der Waals surface area contributed by atoms with Crippen LogP contribution in [0.15, 0.2) is 83.4 Å². The van der Waals surface area contributed by atoms with E-state index in [1.54, 1.807) is 54.6 Å². The molecule has 0 aromatic heterocycles. The predicted molar refractivity (Wildman–Crippen MR) is 133 cm³/mol. The molecule has 3 aromatic carbocycles. The molecule has 0 saturated carbocycles. The van der Waals surface area contributed by atoms with Gasteiger partial charge in [0.05, 0.1) is 21.0 Å². The van der Waals surface area contributed by atoms with Crippen LogP contribution in [0.5, 0.6) is 0 Å². The molecule has 0 radical (unpaired) electrons. The number of halogens is 3. The van der Waals surface area contributed by atoms with E-state index in [2.05, 4.69) is 5.32 Å². The molecule has 4 rings (SSSR count). The SMILES string of the molecule is N#CC(C(=O)Nc1ccccc1F)=C1SC(Cc2cccc(Cl)c2Cl)C(=O)N1c1ccccc1. The summed E-state index contributed by atoms with van der Waals surface area (Å²) in [7, 11) is 0. The number of rotatable bonds is 5. The number of amides is 2. The number of thioether (sulfide) groups is 1. The van der Waals surface area contributed by atoms with Gasteiger partial charge in [0.2, 0.25) is 5.91 Å². The van der Waals surface area contributed by atoms with Crippen molar-refractivity contribution in [2.75, 3.05) is 10.2 Å². The van der Waals surface area contributed by atoms with Gasteiger partial charge in [-0.2, -0.15) is 5.26 Å². The number of carbonyl (C=O) groups excluding carboxylic acids is 2. The lowest BCUT2D eigenvalue weighted by Crippen LogP contribution is -2.31. The largest absolute Gasteiger partial charge is 0.319 e. The number of nitrogens with one attached hydrogen (secondary N) is 1.